The smallest absolute Gasteiger partial charge is 0.296 e. The van der Waals surface area contributed by atoms with E-state index in [1.807, 2.05) is 0 Å². The van der Waals surface area contributed by atoms with Crippen molar-refractivity contribution in [1.82, 2.24) is 19.9 Å². The van der Waals surface area contributed by atoms with Gasteiger partial charge in [0.25, 0.3) is 50.6 Å². The molecule has 0 unspecified atom stereocenters. The molecule has 3 aromatic heterocycles. The lowest BCUT2D eigenvalue weighted by Gasteiger charge is -2.16. The molecule has 8 aromatic rings. The molecule has 0 saturated carbocycles. The van der Waals surface area contributed by atoms with Crippen molar-refractivity contribution >= 4 is 136 Å². The Labute approximate surface area is 518 Å². The van der Waals surface area contributed by atoms with Gasteiger partial charge in [-0.1, -0.05) is 47.7 Å². The van der Waals surface area contributed by atoms with Gasteiger partial charge in [0, 0.05) is 33.9 Å². The van der Waals surface area contributed by atoms with Gasteiger partial charge in [0.1, 0.15) is 58.4 Å². The summed E-state index contributed by atoms with van der Waals surface area (Å²) in [7, 11) is -19.4. The van der Waals surface area contributed by atoms with Crippen LogP contribution in [0.15, 0.2) is 146 Å². The minimum absolute atomic E-state index is 0.0142. The second-order valence-corrected chi connectivity index (χ2v) is 27.5. The zero-order valence-corrected chi connectivity index (χ0v) is 51.8. The second-order valence-electron chi connectivity index (χ2n) is 18.3. The predicted octanol–water partition coefficient (Wildman–Crippen LogP) is 9.91. The second kappa shape index (κ2) is 27.7. The minimum atomic E-state index is -4.68. The maximum atomic E-state index is 12.5. The first kappa shape index (κ1) is 66.1. The van der Waals surface area contributed by atoms with Crippen LogP contribution in [0.5, 0.6) is 0 Å². The third-order valence-corrected chi connectivity index (χ3v) is 18.4. The Morgan fingerprint density at radius 3 is 1.69 bits per heavy atom. The van der Waals surface area contributed by atoms with Gasteiger partial charge in [0.15, 0.2) is 16.6 Å². The number of hydrogen-bond acceptors (Lipinski definition) is 30. The Bertz CT molecular complexity index is 4870. The summed E-state index contributed by atoms with van der Waals surface area (Å²) in [6, 6.07) is 33.1. The molecule has 0 amide bonds. The minimum Gasteiger partial charge on any atom is -0.339 e. The zero-order valence-electron chi connectivity index (χ0n) is 46.9. The Balaban J connectivity index is 1.20. The highest BCUT2D eigenvalue weighted by molar-refractivity contribution is 7.87. The largest absolute Gasteiger partial charge is 0.339 e. The number of benzene rings is 5. The van der Waals surface area contributed by atoms with Gasteiger partial charge in [0.2, 0.25) is 17.8 Å². The van der Waals surface area contributed by atoms with Gasteiger partial charge in [-0.05, 0) is 109 Å². The van der Waals surface area contributed by atoms with Crippen molar-refractivity contribution in [2.75, 3.05) is 53.3 Å². The number of anilines is 9. The van der Waals surface area contributed by atoms with Gasteiger partial charge >= 0.3 is 0 Å². The van der Waals surface area contributed by atoms with E-state index in [0.717, 1.165) is 25.6 Å². The monoisotopic (exact) mass is 1340 g/mol. The molecule has 0 bridgehead atoms. The number of azo groups is 2. The van der Waals surface area contributed by atoms with Crippen LogP contribution in [0.4, 0.5) is 73.6 Å². The van der Waals surface area contributed by atoms with Crippen molar-refractivity contribution < 1.29 is 63.7 Å². The molecule has 0 atom stereocenters. The van der Waals surface area contributed by atoms with Gasteiger partial charge in [0.05, 0.1) is 40.9 Å². The van der Waals surface area contributed by atoms with Crippen LogP contribution in [0, 0.1) is 40.9 Å². The van der Waals surface area contributed by atoms with Crippen molar-refractivity contribution in [2.45, 2.75) is 35.1 Å². The number of hydrogen-bond donors (Lipinski definition) is 7. The maximum absolute atomic E-state index is 12.5. The fraction of sp³-hybridized carbons (Fsp3) is 0.151. The molecule has 0 radical (unpaired) electrons. The number of thiophene rings is 1. The predicted molar refractivity (Wildman–Crippen MR) is 328 cm³/mol. The molecular weight excluding hydrogens is 1290 g/mol. The third-order valence-electron chi connectivity index (χ3n) is 12.3. The number of pyridine rings is 1. The van der Waals surface area contributed by atoms with Crippen molar-refractivity contribution in [3.05, 3.63) is 149 Å². The van der Waals surface area contributed by atoms with E-state index in [2.05, 4.69) is 93.6 Å². The molecule has 7 N–H and O–H groups in total. The first-order valence-corrected chi connectivity index (χ1v) is 33.8. The summed E-state index contributed by atoms with van der Waals surface area (Å²) in [6.45, 7) is 2.22. The van der Waals surface area contributed by atoms with E-state index in [1.54, 1.807) is 37.3 Å². The van der Waals surface area contributed by atoms with E-state index in [-0.39, 0.29) is 122 Å². The van der Waals surface area contributed by atoms with Crippen LogP contribution in [0.1, 0.15) is 40.3 Å². The van der Waals surface area contributed by atoms with Gasteiger partial charge in [-0.2, -0.15) is 72.8 Å². The first-order valence-electron chi connectivity index (χ1n) is 25.4. The Morgan fingerprint density at radius 1 is 0.578 bits per heavy atom. The molecule has 3 heterocycles. The summed E-state index contributed by atoms with van der Waals surface area (Å²) in [5.74, 6) is -3.18. The number of nitrogens with one attached hydrogen (secondary N) is 5. The van der Waals surface area contributed by atoms with Crippen LogP contribution in [0.25, 0.3) is 11.1 Å². The van der Waals surface area contributed by atoms with Crippen LogP contribution in [0.3, 0.4) is 0 Å². The molecule has 0 aliphatic rings. The summed E-state index contributed by atoms with van der Waals surface area (Å²) >= 11 is 0.867. The number of nitrogens with zero attached hydrogens (tertiary/aromatic N) is 11. The Morgan fingerprint density at radius 2 is 1.12 bits per heavy atom. The van der Waals surface area contributed by atoms with E-state index >= 15 is 0 Å². The normalized spacial score (nSPS) is 12.1. The molecule has 90 heavy (non-hydrogen) atoms. The quantitative estimate of drug-likeness (QED) is 0.0115. The Hall–Kier alpha value is -9.82. The zero-order chi connectivity index (χ0) is 65.2. The van der Waals surface area contributed by atoms with E-state index < -0.39 is 68.8 Å². The average molecular weight is 1340 g/mol. The summed E-state index contributed by atoms with van der Waals surface area (Å²) in [6.07, 6.45) is 0. The van der Waals surface area contributed by atoms with E-state index in [1.165, 1.54) is 91.9 Å². The molecule has 37 heteroatoms. The van der Waals surface area contributed by atoms with Gasteiger partial charge in [-0.15, -0.1) is 20.5 Å². The average Bonchev–Trinajstić information content (AvgIpc) is 1.52. The lowest BCUT2D eigenvalue weighted by Crippen LogP contribution is -2.17. The van der Waals surface area contributed by atoms with Crippen LogP contribution in [-0.4, -0.2) is 97.8 Å². The number of aromatic nitrogens is 4. The summed E-state index contributed by atoms with van der Waals surface area (Å²) in [5, 5.41) is 63.8. The van der Waals surface area contributed by atoms with E-state index in [9.17, 15) is 67.0 Å². The molecule has 0 aliphatic carbocycles. The highest BCUT2D eigenvalue weighted by Crippen LogP contribution is 2.49. The molecule has 0 fully saturated rings. The van der Waals surface area contributed by atoms with Crippen molar-refractivity contribution in [2.24, 2.45) is 20.5 Å². The Kier molecular flexibility index (Phi) is 20.4. The van der Waals surface area contributed by atoms with Crippen LogP contribution >= 0.6 is 11.3 Å². The maximum Gasteiger partial charge on any atom is 0.296 e. The summed E-state index contributed by atoms with van der Waals surface area (Å²) in [5.41, 5.74) is 1.54. The van der Waals surface area contributed by atoms with Crippen LogP contribution < -0.4 is 26.6 Å². The highest BCUT2D eigenvalue weighted by Gasteiger charge is 2.25. The number of rotatable bonds is 26. The third kappa shape index (κ3) is 16.9. The van der Waals surface area contributed by atoms with Crippen molar-refractivity contribution in [3.63, 3.8) is 0 Å². The van der Waals surface area contributed by atoms with Gasteiger partial charge in [-0.3, -0.25) is 17.5 Å². The molecule has 5 aromatic carbocycles. The van der Waals surface area contributed by atoms with Crippen molar-refractivity contribution in [3.8, 4) is 29.3 Å². The fourth-order valence-corrected chi connectivity index (χ4v) is 11.8. The van der Waals surface area contributed by atoms with E-state index in [4.69, 9.17) is 4.18 Å². The summed E-state index contributed by atoms with van der Waals surface area (Å²) < 4.78 is 155. The molecule has 0 saturated heterocycles. The topological polar surface area (TPSA) is 471 Å². The molecular formula is C53H46N16O15S6. The molecule has 464 valence electrons. The standard InChI is InChI=1S/C53H46N16O15S6/c1-5-88(76,77)84-30-57-51-63-52(65-53(64-51)61-44-24-32(28-86(70,71)72)10-11-35(44)29-87(73,74)75)60-38-14-12-33(13-15-38)45-42(27-56)49(85-50(45)69-66-43-9-7-6-8-34(43)25-54)68-67-46-31(2)41(26-55)47(58-36-16-20-39(21-17-36)89(78,79)82-3)62-48(46)59-37-18-22-40(23-19-37)90(80,81)83-4/h6-24H,5,28-30H2,1-4H3,(H2,58,59,62)(H,70,71,72)(H,73,74,75)(H3,57,60,61,63,64,65). The molecule has 8 rings (SSSR count). The number of nitriles is 3. The molecule has 0 aliphatic heterocycles. The lowest BCUT2D eigenvalue weighted by molar-refractivity contribution is 0.343. The molecule has 0 spiro atoms. The fourth-order valence-electron chi connectivity index (χ4n) is 7.94. The first-order chi connectivity index (χ1) is 42.6. The van der Waals surface area contributed by atoms with Gasteiger partial charge < -0.3 is 26.6 Å². The van der Waals surface area contributed by atoms with Gasteiger partial charge in [-0.25, -0.2) is 9.17 Å². The van der Waals surface area contributed by atoms with Crippen LogP contribution in [0.2, 0.25) is 0 Å². The van der Waals surface area contributed by atoms with E-state index in [0.29, 0.717) is 11.3 Å². The SMILES string of the molecule is CCS(=O)(=O)OCNc1nc(Nc2ccc(-c3c(N=Nc4ccccc4C#N)sc(N=Nc4c(Nc5ccc(S(=O)(=O)OC)cc5)nc(Nc5ccc(S(=O)(=O)OC)cc5)c(C#N)c4C)c3C#N)cc2)nc(Nc2cc(CS(=O)(=O)O)ccc2CS(=O)(=O)O)n1. The van der Waals surface area contributed by atoms with Crippen LogP contribution in [-0.2, 0) is 74.6 Å². The molecule has 31 nitrogen and oxygen atoms in total. The lowest BCUT2D eigenvalue weighted by atomic mass is 10.0. The summed E-state index contributed by atoms with van der Waals surface area (Å²) in [4.78, 5) is 17.2. The highest BCUT2D eigenvalue weighted by atomic mass is 32.2. The van der Waals surface area contributed by atoms with Crippen molar-refractivity contribution in [1.29, 1.82) is 15.8 Å².